The van der Waals surface area contributed by atoms with Gasteiger partial charge in [-0.3, -0.25) is 0 Å². The summed E-state index contributed by atoms with van der Waals surface area (Å²) in [5, 5.41) is 10.1. The van der Waals surface area contributed by atoms with Crippen LogP contribution in [0.25, 0.3) is 87.4 Å². The minimum Gasteiger partial charge on any atom is -0.375 e. The van der Waals surface area contributed by atoms with E-state index in [0.29, 0.717) is 0 Å². The van der Waals surface area contributed by atoms with Crippen LogP contribution in [-0.2, 0) is 0 Å². The fourth-order valence-corrected chi connectivity index (χ4v) is 13.1. The monoisotopic (exact) mass is 874 g/mol. The maximum atomic E-state index is 2.70. The normalized spacial score (nSPS) is 13.2. The highest BCUT2D eigenvalue weighted by Gasteiger charge is 2.45. The van der Waals surface area contributed by atoms with E-state index in [4.69, 9.17) is 0 Å². The summed E-state index contributed by atoms with van der Waals surface area (Å²) < 4.78 is 5.38. The van der Waals surface area contributed by atoms with E-state index >= 15 is 0 Å². The van der Waals surface area contributed by atoms with Crippen molar-refractivity contribution in [2.24, 2.45) is 0 Å². The van der Waals surface area contributed by atoms with Crippen molar-refractivity contribution in [1.82, 2.24) is 8.96 Å². The zero-order chi connectivity index (χ0) is 45.1. The number of rotatable bonds is 4. The summed E-state index contributed by atoms with van der Waals surface area (Å²) in [4.78, 5) is 5.01. The summed E-state index contributed by atoms with van der Waals surface area (Å²) in [5.74, 6) is 0. The summed E-state index contributed by atoms with van der Waals surface area (Å²) in [5.41, 5.74) is 21.4. The molecule has 6 heteroatoms. The predicted octanol–water partition coefficient (Wildman–Crippen LogP) is 13.0. The molecule has 318 valence electrons. The molecule has 0 fully saturated rings. The van der Waals surface area contributed by atoms with Gasteiger partial charge in [0.1, 0.15) is 0 Å². The molecule has 3 aliphatic heterocycles. The molecule has 0 spiro atoms. The SMILES string of the molecule is CN(c1ccccc1)c1c2c(cc3ccccc13)-c1cccc3c4ccccc4n(c13)B2c1ccc2c(c1)B1c3c(cc4ccccc4c3N2c2ccccc2)-c2cccc3c4ccccc4n1c23. The van der Waals surface area contributed by atoms with Gasteiger partial charge >= 0.3 is 13.7 Å². The van der Waals surface area contributed by atoms with Crippen molar-refractivity contribution in [2.75, 3.05) is 16.8 Å². The van der Waals surface area contributed by atoms with E-state index in [0.717, 1.165) is 11.4 Å². The number of fused-ring (bicyclic) bond motifs is 15. The zero-order valence-corrected chi connectivity index (χ0v) is 37.8. The Balaban J connectivity index is 1.07. The molecule has 5 heterocycles. The Morgan fingerprint density at radius 2 is 0.913 bits per heavy atom. The zero-order valence-electron chi connectivity index (χ0n) is 37.8. The van der Waals surface area contributed by atoms with Crippen LogP contribution in [0, 0.1) is 0 Å². The van der Waals surface area contributed by atoms with Crippen molar-refractivity contribution >= 4 is 129 Å². The highest BCUT2D eigenvalue weighted by atomic mass is 15.2. The number of anilines is 5. The molecule has 11 aromatic carbocycles. The molecule has 4 nitrogen and oxygen atoms in total. The van der Waals surface area contributed by atoms with E-state index in [1.54, 1.807) is 0 Å². The number of benzene rings is 11. The van der Waals surface area contributed by atoms with Crippen LogP contribution in [0.3, 0.4) is 0 Å². The topological polar surface area (TPSA) is 16.3 Å². The number of nitrogens with zero attached hydrogens (tertiary/aromatic N) is 4. The van der Waals surface area contributed by atoms with E-state index in [1.807, 2.05) is 0 Å². The second kappa shape index (κ2) is 13.7. The maximum Gasteiger partial charge on any atom is 0.333 e. The number of hydrogen-bond donors (Lipinski definition) is 0. The molecule has 0 aliphatic carbocycles. The highest BCUT2D eigenvalue weighted by Crippen LogP contribution is 2.49. The first-order valence-electron chi connectivity index (χ1n) is 24.1. The first kappa shape index (κ1) is 37.4. The highest BCUT2D eigenvalue weighted by molar-refractivity contribution is 6.92. The van der Waals surface area contributed by atoms with E-state index in [9.17, 15) is 0 Å². The Morgan fingerprint density at radius 3 is 1.58 bits per heavy atom. The van der Waals surface area contributed by atoms with E-state index in [2.05, 4.69) is 250 Å². The summed E-state index contributed by atoms with van der Waals surface area (Å²) in [6, 6.07) is 84.4. The van der Waals surface area contributed by atoms with Gasteiger partial charge in [0.05, 0.1) is 5.69 Å². The van der Waals surface area contributed by atoms with Gasteiger partial charge in [0.25, 0.3) is 0 Å². The Bertz CT molecular complexity index is 4360. The average Bonchev–Trinajstić information content (AvgIpc) is 3.93. The van der Waals surface area contributed by atoms with Gasteiger partial charge in [-0.2, -0.15) is 0 Å². The molecule has 0 bridgehead atoms. The van der Waals surface area contributed by atoms with Crippen molar-refractivity contribution in [3.63, 3.8) is 0 Å². The summed E-state index contributed by atoms with van der Waals surface area (Å²) in [6.07, 6.45) is 0. The molecule has 16 rings (SSSR count). The first-order chi connectivity index (χ1) is 34.2. The molecule has 0 atom stereocenters. The lowest BCUT2D eigenvalue weighted by Crippen LogP contribution is -2.59. The molecule has 2 aromatic heterocycles. The largest absolute Gasteiger partial charge is 0.375 e. The fourth-order valence-electron chi connectivity index (χ4n) is 13.1. The van der Waals surface area contributed by atoms with Crippen molar-refractivity contribution in [3.05, 3.63) is 224 Å². The molecule has 0 N–H and O–H groups in total. The third-order valence-electron chi connectivity index (χ3n) is 15.8. The van der Waals surface area contributed by atoms with Crippen LogP contribution in [0.15, 0.2) is 224 Å². The van der Waals surface area contributed by atoms with Crippen molar-refractivity contribution in [2.45, 2.75) is 0 Å². The third kappa shape index (κ3) is 4.85. The predicted molar refractivity (Wildman–Crippen MR) is 295 cm³/mol. The quantitative estimate of drug-likeness (QED) is 0.164. The van der Waals surface area contributed by atoms with Crippen LogP contribution in [0.5, 0.6) is 0 Å². The van der Waals surface area contributed by atoms with E-state index < -0.39 is 0 Å². The molecule has 3 aliphatic rings. The summed E-state index contributed by atoms with van der Waals surface area (Å²) in [7, 11) is 2.26. The van der Waals surface area contributed by atoms with Gasteiger partial charge in [0, 0.05) is 95.3 Å². The molecule has 0 amide bonds. The molecule has 0 saturated carbocycles. The summed E-state index contributed by atoms with van der Waals surface area (Å²) in [6.45, 7) is -0.278. The Kier molecular flexibility index (Phi) is 7.41. The molecule has 13 aromatic rings. The molecule has 0 radical (unpaired) electrons. The van der Waals surface area contributed by atoms with Crippen LogP contribution in [0.4, 0.5) is 28.4 Å². The molecule has 69 heavy (non-hydrogen) atoms. The first-order valence-corrected chi connectivity index (χ1v) is 24.1. The van der Waals surface area contributed by atoms with Gasteiger partial charge in [0.15, 0.2) is 0 Å². The van der Waals surface area contributed by atoms with Crippen LogP contribution in [-0.4, -0.2) is 29.7 Å². The second-order valence-corrected chi connectivity index (χ2v) is 19.2. The average molecular weight is 875 g/mol. The van der Waals surface area contributed by atoms with Crippen LogP contribution in [0.2, 0.25) is 0 Å². The smallest absolute Gasteiger partial charge is 0.333 e. The van der Waals surface area contributed by atoms with E-state index in [1.165, 1.54) is 126 Å². The van der Waals surface area contributed by atoms with Crippen LogP contribution >= 0.6 is 0 Å². The Morgan fingerprint density at radius 1 is 0.391 bits per heavy atom. The lowest BCUT2D eigenvalue weighted by Gasteiger charge is -2.42. The minimum atomic E-state index is -0.173. The Hall–Kier alpha value is -8.73. The second-order valence-electron chi connectivity index (χ2n) is 19.2. The van der Waals surface area contributed by atoms with Gasteiger partial charge in [-0.25, -0.2) is 0 Å². The molecular formula is C63H40B2N4. The molecule has 0 unspecified atom stereocenters. The van der Waals surface area contributed by atoms with Gasteiger partial charge < -0.3 is 18.8 Å². The third-order valence-corrected chi connectivity index (χ3v) is 15.8. The fraction of sp³-hybridized carbons (Fsp3) is 0.0159. The minimum absolute atomic E-state index is 0.105. The van der Waals surface area contributed by atoms with Crippen LogP contribution < -0.4 is 31.7 Å². The summed E-state index contributed by atoms with van der Waals surface area (Å²) >= 11 is 0. The standard InChI is InChI=1S/C63H40B2N4/c1-66(42-20-4-2-5-21-42)62-44-24-10-8-18-39(44)36-52-50-30-16-28-48-46-26-12-14-32-55(46)68(60(48)50)64(58(52)62)41-34-35-57-54(38-41)65-59-53(51-31-17-29-49-47-27-13-15-33-56(47)69(65)61(49)51)37-40-19-9-11-25-45(40)63(59)67(57)43-22-6-3-7-23-43/h2-38H,1H3. The van der Waals surface area contributed by atoms with Crippen molar-refractivity contribution in [3.8, 4) is 22.3 Å². The van der Waals surface area contributed by atoms with Gasteiger partial charge in [-0.15, -0.1) is 0 Å². The number of hydrogen-bond acceptors (Lipinski definition) is 2. The lowest BCUT2D eigenvalue weighted by molar-refractivity contribution is 1.22. The number of para-hydroxylation sites is 6. The lowest BCUT2D eigenvalue weighted by atomic mass is 9.42. The van der Waals surface area contributed by atoms with Gasteiger partial charge in [0.2, 0.25) is 0 Å². The van der Waals surface area contributed by atoms with Crippen LogP contribution in [0.1, 0.15) is 0 Å². The van der Waals surface area contributed by atoms with Gasteiger partial charge in [-0.1, -0.05) is 175 Å². The Labute approximate surface area is 399 Å². The van der Waals surface area contributed by atoms with E-state index in [-0.39, 0.29) is 13.7 Å². The molecular weight excluding hydrogens is 834 g/mol. The maximum absolute atomic E-state index is 2.70. The number of aromatic nitrogens is 2. The van der Waals surface area contributed by atoms with Gasteiger partial charge in [-0.05, 0) is 92.9 Å². The molecule has 0 saturated heterocycles. The van der Waals surface area contributed by atoms with Crippen molar-refractivity contribution < 1.29 is 0 Å². The van der Waals surface area contributed by atoms with Crippen molar-refractivity contribution in [1.29, 1.82) is 0 Å².